The summed E-state index contributed by atoms with van der Waals surface area (Å²) in [5.41, 5.74) is 5.40. The summed E-state index contributed by atoms with van der Waals surface area (Å²) in [5, 5.41) is 0. The van der Waals surface area contributed by atoms with Crippen molar-refractivity contribution in [2.45, 2.75) is 37.6 Å². The third-order valence-corrected chi connectivity index (χ3v) is 5.50. The normalized spacial score (nSPS) is 23.2. The monoisotopic (exact) mass is 302 g/mol. The second-order valence-electron chi connectivity index (χ2n) is 5.51. The zero-order chi connectivity index (χ0) is 15.1. The lowest BCUT2D eigenvalue weighted by atomic mass is 10.0. The molecule has 0 aliphatic carbocycles. The minimum absolute atomic E-state index is 0.0459. The molecule has 1 atom stereocenters. The molecule has 0 amide bonds. The van der Waals surface area contributed by atoms with Gasteiger partial charge in [0.05, 0.1) is 22.7 Å². The number of hydrogen-bond acceptors (Lipinski definition) is 4. The highest BCUT2D eigenvalue weighted by Gasteiger charge is 2.36. The van der Waals surface area contributed by atoms with Gasteiger partial charge in [-0.2, -0.15) is 0 Å². The van der Waals surface area contributed by atoms with Gasteiger partial charge in [-0.3, -0.25) is 0 Å². The van der Waals surface area contributed by atoms with Gasteiger partial charge < -0.3 is 10.5 Å². The van der Waals surface area contributed by atoms with Crippen LogP contribution in [0.25, 0.3) is 0 Å². The minimum Gasteiger partial charge on any atom is -0.396 e. The molecule has 3 N–H and O–H groups in total. The fourth-order valence-corrected chi connectivity index (χ4v) is 4.37. The van der Waals surface area contributed by atoms with Crippen LogP contribution < -0.4 is 10.5 Å². The molecule has 20 heavy (non-hydrogen) atoms. The van der Waals surface area contributed by atoms with Crippen molar-refractivity contribution < 1.29 is 17.5 Å². The molecule has 1 aliphatic rings. The molecule has 1 unspecified atom stereocenters. The number of nitrogens with one attached hydrogen (secondary N) is 1. The Balaban J connectivity index is 2.47. The zero-order valence-electron chi connectivity index (χ0n) is 11.8. The summed E-state index contributed by atoms with van der Waals surface area (Å²) in [7, 11) is -3.78. The van der Waals surface area contributed by atoms with Crippen molar-refractivity contribution in [1.82, 2.24) is 4.72 Å². The van der Waals surface area contributed by atoms with E-state index in [-0.39, 0.29) is 16.1 Å². The van der Waals surface area contributed by atoms with E-state index in [0.29, 0.717) is 25.2 Å². The number of halogens is 1. The van der Waals surface area contributed by atoms with Crippen LogP contribution in [0, 0.1) is 19.7 Å². The fraction of sp³-hybridized carbons (Fsp3) is 0.538. The SMILES string of the molecule is Cc1cc(F)c(N)c(C)c1S(=O)(=O)NC1(C)CCOC1. The van der Waals surface area contributed by atoms with Crippen LogP contribution in [0.3, 0.4) is 0 Å². The smallest absolute Gasteiger partial charge is 0.241 e. The summed E-state index contributed by atoms with van der Waals surface area (Å²) in [6.07, 6.45) is 0.598. The zero-order valence-corrected chi connectivity index (χ0v) is 12.6. The highest BCUT2D eigenvalue weighted by Crippen LogP contribution is 2.29. The van der Waals surface area contributed by atoms with Crippen LogP contribution in [-0.2, 0) is 14.8 Å². The number of sulfonamides is 1. The first kappa shape index (κ1) is 15.2. The highest BCUT2D eigenvalue weighted by molar-refractivity contribution is 7.89. The maximum absolute atomic E-state index is 13.5. The Bertz CT molecular complexity index is 638. The quantitative estimate of drug-likeness (QED) is 0.829. The number of nitrogens with two attached hydrogens (primary N) is 1. The first-order valence-corrected chi connectivity index (χ1v) is 7.81. The Morgan fingerprint density at radius 2 is 2.10 bits per heavy atom. The number of rotatable bonds is 3. The van der Waals surface area contributed by atoms with Gasteiger partial charge in [0, 0.05) is 6.61 Å². The number of benzene rings is 1. The second kappa shape index (κ2) is 4.98. The van der Waals surface area contributed by atoms with Crippen molar-refractivity contribution in [1.29, 1.82) is 0 Å². The van der Waals surface area contributed by atoms with Crippen molar-refractivity contribution in [3.05, 3.63) is 23.0 Å². The number of nitrogen functional groups attached to an aromatic ring is 1. The van der Waals surface area contributed by atoms with Crippen LogP contribution in [0.5, 0.6) is 0 Å². The molecule has 112 valence electrons. The molecule has 2 rings (SSSR count). The third-order valence-electron chi connectivity index (χ3n) is 3.57. The number of hydrogen-bond donors (Lipinski definition) is 2. The van der Waals surface area contributed by atoms with Gasteiger partial charge in [0.15, 0.2) is 0 Å². The van der Waals surface area contributed by atoms with E-state index in [9.17, 15) is 12.8 Å². The molecule has 1 saturated heterocycles. The van der Waals surface area contributed by atoms with Gasteiger partial charge in [-0.25, -0.2) is 17.5 Å². The Hall–Kier alpha value is -1.18. The molecule has 1 aromatic carbocycles. The lowest BCUT2D eigenvalue weighted by Gasteiger charge is -2.24. The molecule has 7 heteroatoms. The van der Waals surface area contributed by atoms with Gasteiger partial charge in [0.25, 0.3) is 0 Å². The molecule has 0 saturated carbocycles. The molecule has 5 nitrogen and oxygen atoms in total. The molecule has 1 aromatic rings. The van der Waals surface area contributed by atoms with Crippen LogP contribution in [-0.4, -0.2) is 27.2 Å². The Morgan fingerprint density at radius 3 is 2.65 bits per heavy atom. The average Bonchev–Trinajstić information content (AvgIpc) is 2.71. The lowest BCUT2D eigenvalue weighted by Crippen LogP contribution is -2.46. The number of anilines is 1. The summed E-state index contributed by atoms with van der Waals surface area (Å²) in [5.74, 6) is -0.602. The molecule has 1 fully saturated rings. The molecule has 0 bridgehead atoms. The van der Waals surface area contributed by atoms with E-state index < -0.39 is 21.4 Å². The Labute approximate surface area is 118 Å². The van der Waals surface area contributed by atoms with E-state index in [1.165, 1.54) is 6.92 Å². The van der Waals surface area contributed by atoms with E-state index >= 15 is 0 Å². The van der Waals surface area contributed by atoms with Crippen molar-refractivity contribution in [3.8, 4) is 0 Å². The van der Waals surface area contributed by atoms with Gasteiger partial charge in [-0.1, -0.05) is 0 Å². The molecular weight excluding hydrogens is 283 g/mol. The molecule has 1 aliphatic heterocycles. The summed E-state index contributed by atoms with van der Waals surface area (Å²) >= 11 is 0. The van der Waals surface area contributed by atoms with E-state index in [2.05, 4.69) is 4.72 Å². The lowest BCUT2D eigenvalue weighted by molar-refractivity contribution is 0.178. The molecule has 0 aromatic heterocycles. The average molecular weight is 302 g/mol. The van der Waals surface area contributed by atoms with E-state index in [4.69, 9.17) is 10.5 Å². The summed E-state index contributed by atoms with van der Waals surface area (Å²) in [6, 6.07) is 1.14. The molecule has 0 spiro atoms. The van der Waals surface area contributed by atoms with Crippen molar-refractivity contribution in [2.75, 3.05) is 18.9 Å². The number of ether oxygens (including phenoxy) is 1. The minimum atomic E-state index is -3.78. The largest absolute Gasteiger partial charge is 0.396 e. The van der Waals surface area contributed by atoms with Crippen LogP contribution >= 0.6 is 0 Å². The predicted octanol–water partition coefficient (Wildman–Crippen LogP) is 1.48. The van der Waals surface area contributed by atoms with Crippen LogP contribution in [0.2, 0.25) is 0 Å². The van der Waals surface area contributed by atoms with Crippen LogP contribution in [0.15, 0.2) is 11.0 Å². The van der Waals surface area contributed by atoms with Gasteiger partial charge in [-0.05, 0) is 44.4 Å². The van der Waals surface area contributed by atoms with Crippen molar-refractivity contribution in [2.24, 2.45) is 0 Å². The summed E-state index contributed by atoms with van der Waals surface area (Å²) in [4.78, 5) is 0.0459. The van der Waals surface area contributed by atoms with Crippen LogP contribution in [0.4, 0.5) is 10.1 Å². The predicted molar refractivity (Wildman–Crippen MR) is 74.4 cm³/mol. The Morgan fingerprint density at radius 1 is 1.45 bits per heavy atom. The highest BCUT2D eigenvalue weighted by atomic mass is 32.2. The fourth-order valence-electron chi connectivity index (χ4n) is 2.47. The first-order chi connectivity index (χ1) is 9.16. The summed E-state index contributed by atoms with van der Waals surface area (Å²) < 4.78 is 46.5. The molecule has 0 radical (unpaired) electrons. The topological polar surface area (TPSA) is 81.4 Å². The molecule has 1 heterocycles. The van der Waals surface area contributed by atoms with Crippen molar-refractivity contribution in [3.63, 3.8) is 0 Å². The Kier molecular flexibility index (Phi) is 3.79. The second-order valence-corrected chi connectivity index (χ2v) is 7.13. The maximum atomic E-state index is 13.5. The summed E-state index contributed by atoms with van der Waals surface area (Å²) in [6.45, 7) is 5.68. The van der Waals surface area contributed by atoms with Crippen LogP contribution in [0.1, 0.15) is 24.5 Å². The molecular formula is C13H19FN2O3S. The first-order valence-electron chi connectivity index (χ1n) is 6.33. The van der Waals surface area contributed by atoms with Gasteiger partial charge in [0.1, 0.15) is 5.82 Å². The number of aryl methyl sites for hydroxylation is 1. The van der Waals surface area contributed by atoms with Gasteiger partial charge in [0.2, 0.25) is 10.0 Å². The van der Waals surface area contributed by atoms with E-state index in [0.717, 1.165) is 6.07 Å². The standard InChI is InChI=1S/C13H19FN2O3S/c1-8-6-10(14)11(15)9(2)12(8)20(17,18)16-13(3)4-5-19-7-13/h6,16H,4-5,7,15H2,1-3H3. The maximum Gasteiger partial charge on any atom is 0.241 e. The van der Waals surface area contributed by atoms with E-state index in [1.54, 1.807) is 13.8 Å². The van der Waals surface area contributed by atoms with Gasteiger partial charge in [-0.15, -0.1) is 0 Å². The van der Waals surface area contributed by atoms with E-state index in [1.807, 2.05) is 0 Å². The van der Waals surface area contributed by atoms with Gasteiger partial charge >= 0.3 is 0 Å². The third kappa shape index (κ3) is 2.65. The van der Waals surface area contributed by atoms with Crippen molar-refractivity contribution >= 4 is 15.7 Å².